The maximum atomic E-state index is 3.68. The van der Waals surface area contributed by atoms with Gasteiger partial charge in [0.25, 0.3) is 0 Å². The Labute approximate surface area is 120 Å². The molecular formula is C16H24BrN. The smallest absolute Gasteiger partial charge is 0.0112 e. The van der Waals surface area contributed by atoms with E-state index in [1.807, 2.05) is 0 Å². The molecule has 0 aliphatic heterocycles. The van der Waals surface area contributed by atoms with Crippen LogP contribution in [0.4, 0.5) is 0 Å². The van der Waals surface area contributed by atoms with Crippen LogP contribution >= 0.6 is 15.9 Å². The van der Waals surface area contributed by atoms with Crippen LogP contribution < -0.4 is 0 Å². The molecule has 0 radical (unpaired) electrons. The largest absolute Gasteiger partial charge is 0.303 e. The van der Waals surface area contributed by atoms with E-state index in [1.54, 1.807) is 0 Å². The summed E-state index contributed by atoms with van der Waals surface area (Å²) in [6, 6.07) is 11.7. The zero-order valence-electron chi connectivity index (χ0n) is 11.3. The number of likely N-dealkylation sites (N-methyl/N-ethyl adjacent to an activating group) is 1. The van der Waals surface area contributed by atoms with Crippen molar-refractivity contribution in [1.82, 2.24) is 4.90 Å². The Kier molecular flexibility index (Phi) is 5.71. The lowest BCUT2D eigenvalue weighted by Crippen LogP contribution is -2.36. The first kappa shape index (κ1) is 14.1. The zero-order chi connectivity index (χ0) is 12.8. The predicted molar refractivity (Wildman–Crippen MR) is 82.5 cm³/mol. The van der Waals surface area contributed by atoms with Crippen molar-refractivity contribution < 1.29 is 0 Å². The van der Waals surface area contributed by atoms with Gasteiger partial charge in [0.15, 0.2) is 0 Å². The first-order valence-electron chi connectivity index (χ1n) is 7.12. The number of nitrogens with zero attached hydrogens (tertiary/aromatic N) is 1. The quantitative estimate of drug-likeness (QED) is 0.727. The lowest BCUT2D eigenvalue weighted by atomic mass is 9.93. The molecule has 1 aliphatic carbocycles. The van der Waals surface area contributed by atoms with E-state index in [4.69, 9.17) is 0 Å². The summed E-state index contributed by atoms with van der Waals surface area (Å²) in [5.74, 6) is 0.609. The first-order valence-corrected chi connectivity index (χ1v) is 8.24. The summed E-state index contributed by atoms with van der Waals surface area (Å²) in [7, 11) is 2.30. The summed E-state index contributed by atoms with van der Waals surface area (Å²) in [4.78, 5) is 2.58. The fourth-order valence-electron chi connectivity index (χ4n) is 2.99. The summed E-state index contributed by atoms with van der Waals surface area (Å²) < 4.78 is 0. The molecule has 18 heavy (non-hydrogen) atoms. The van der Waals surface area contributed by atoms with Gasteiger partial charge in [0, 0.05) is 23.8 Å². The number of rotatable bonds is 5. The van der Waals surface area contributed by atoms with Crippen LogP contribution in [0.1, 0.15) is 43.6 Å². The third-order valence-corrected chi connectivity index (χ3v) is 4.95. The normalized spacial score (nSPS) is 19.1. The van der Waals surface area contributed by atoms with Crippen molar-refractivity contribution in [2.24, 2.45) is 0 Å². The van der Waals surface area contributed by atoms with Gasteiger partial charge in [-0.05, 0) is 25.5 Å². The van der Waals surface area contributed by atoms with Crippen LogP contribution in [-0.2, 0) is 0 Å². The first-order chi connectivity index (χ1) is 8.81. The van der Waals surface area contributed by atoms with Crippen molar-refractivity contribution in [2.75, 3.05) is 18.9 Å². The lowest BCUT2D eigenvalue weighted by Gasteiger charge is -2.33. The van der Waals surface area contributed by atoms with E-state index in [2.05, 4.69) is 58.2 Å². The molecule has 0 aromatic heterocycles. The third kappa shape index (κ3) is 3.83. The Bertz CT molecular complexity index is 332. The minimum atomic E-state index is 0.609. The number of benzene rings is 1. The average molecular weight is 310 g/mol. The average Bonchev–Trinajstić information content (AvgIpc) is 2.46. The fourth-order valence-corrected chi connectivity index (χ4v) is 3.57. The van der Waals surface area contributed by atoms with Crippen molar-refractivity contribution in [1.29, 1.82) is 0 Å². The maximum Gasteiger partial charge on any atom is 0.0112 e. The molecule has 0 spiro atoms. The molecular weight excluding hydrogens is 286 g/mol. The van der Waals surface area contributed by atoms with Crippen molar-refractivity contribution in [2.45, 2.75) is 44.1 Å². The summed E-state index contributed by atoms with van der Waals surface area (Å²) in [5.41, 5.74) is 1.46. The van der Waals surface area contributed by atoms with Gasteiger partial charge in [0.2, 0.25) is 0 Å². The van der Waals surface area contributed by atoms with Gasteiger partial charge >= 0.3 is 0 Å². The standard InChI is InChI=1S/C16H24BrN/c1-18(16-10-6-3-7-11-16)13-15(12-17)14-8-4-2-5-9-14/h2,4-5,8-9,15-16H,3,6-7,10-13H2,1H3. The van der Waals surface area contributed by atoms with E-state index in [0.29, 0.717) is 5.92 Å². The molecule has 1 aromatic rings. The summed E-state index contributed by atoms with van der Waals surface area (Å²) in [5, 5.41) is 1.05. The zero-order valence-corrected chi connectivity index (χ0v) is 12.9. The third-order valence-electron chi connectivity index (χ3n) is 4.16. The van der Waals surface area contributed by atoms with Crippen LogP contribution in [0.15, 0.2) is 30.3 Å². The molecule has 1 nitrogen and oxygen atoms in total. The van der Waals surface area contributed by atoms with Gasteiger partial charge in [-0.3, -0.25) is 0 Å². The Hall–Kier alpha value is -0.340. The summed E-state index contributed by atoms with van der Waals surface area (Å²) in [6.45, 7) is 1.17. The number of hydrogen-bond acceptors (Lipinski definition) is 1. The molecule has 0 bridgehead atoms. The molecule has 1 aromatic carbocycles. The monoisotopic (exact) mass is 309 g/mol. The molecule has 0 heterocycles. The van der Waals surface area contributed by atoms with Gasteiger partial charge in [-0.25, -0.2) is 0 Å². The van der Waals surface area contributed by atoms with E-state index in [9.17, 15) is 0 Å². The minimum absolute atomic E-state index is 0.609. The highest BCUT2D eigenvalue weighted by Crippen LogP contribution is 2.25. The Balaban J connectivity index is 1.93. The molecule has 0 saturated heterocycles. The van der Waals surface area contributed by atoms with Crippen LogP contribution in [-0.4, -0.2) is 29.9 Å². The molecule has 1 aliphatic rings. The maximum absolute atomic E-state index is 3.68. The highest BCUT2D eigenvalue weighted by atomic mass is 79.9. The Morgan fingerprint density at radius 2 is 1.83 bits per heavy atom. The second-order valence-electron chi connectivity index (χ2n) is 5.49. The molecule has 0 N–H and O–H groups in total. The minimum Gasteiger partial charge on any atom is -0.303 e. The topological polar surface area (TPSA) is 3.24 Å². The summed E-state index contributed by atoms with van der Waals surface area (Å²) in [6.07, 6.45) is 7.05. The van der Waals surface area contributed by atoms with E-state index in [1.165, 1.54) is 44.2 Å². The number of halogens is 1. The van der Waals surface area contributed by atoms with Crippen LogP contribution in [0, 0.1) is 0 Å². The SMILES string of the molecule is CN(CC(CBr)c1ccccc1)C1CCCCC1. The second kappa shape index (κ2) is 7.30. The Morgan fingerprint density at radius 1 is 1.17 bits per heavy atom. The van der Waals surface area contributed by atoms with E-state index in [0.717, 1.165) is 11.4 Å². The Morgan fingerprint density at radius 3 is 2.44 bits per heavy atom. The highest BCUT2D eigenvalue weighted by Gasteiger charge is 2.21. The van der Waals surface area contributed by atoms with Gasteiger partial charge in [-0.2, -0.15) is 0 Å². The van der Waals surface area contributed by atoms with E-state index >= 15 is 0 Å². The second-order valence-corrected chi connectivity index (χ2v) is 6.14. The molecule has 1 saturated carbocycles. The van der Waals surface area contributed by atoms with Gasteiger partial charge in [-0.1, -0.05) is 65.5 Å². The molecule has 1 fully saturated rings. The van der Waals surface area contributed by atoms with Crippen molar-refractivity contribution in [3.8, 4) is 0 Å². The number of alkyl halides is 1. The predicted octanol–water partition coefficient (Wildman–Crippen LogP) is 4.43. The highest BCUT2D eigenvalue weighted by molar-refractivity contribution is 9.09. The molecule has 2 heteroatoms. The van der Waals surface area contributed by atoms with Crippen LogP contribution in [0.2, 0.25) is 0 Å². The van der Waals surface area contributed by atoms with Crippen LogP contribution in [0.25, 0.3) is 0 Å². The fraction of sp³-hybridized carbons (Fsp3) is 0.625. The van der Waals surface area contributed by atoms with E-state index < -0.39 is 0 Å². The molecule has 0 amide bonds. The van der Waals surface area contributed by atoms with Crippen LogP contribution in [0.5, 0.6) is 0 Å². The lowest BCUT2D eigenvalue weighted by molar-refractivity contribution is 0.185. The van der Waals surface area contributed by atoms with Crippen LogP contribution in [0.3, 0.4) is 0 Å². The van der Waals surface area contributed by atoms with Crippen molar-refractivity contribution >= 4 is 15.9 Å². The van der Waals surface area contributed by atoms with Gasteiger partial charge < -0.3 is 4.90 Å². The van der Waals surface area contributed by atoms with Crippen molar-refractivity contribution in [3.05, 3.63) is 35.9 Å². The van der Waals surface area contributed by atoms with E-state index in [-0.39, 0.29) is 0 Å². The molecule has 2 rings (SSSR count). The number of hydrogen-bond donors (Lipinski definition) is 0. The molecule has 1 unspecified atom stereocenters. The van der Waals surface area contributed by atoms with Gasteiger partial charge in [0.05, 0.1) is 0 Å². The molecule has 100 valence electrons. The van der Waals surface area contributed by atoms with Crippen molar-refractivity contribution in [3.63, 3.8) is 0 Å². The molecule has 1 atom stereocenters. The van der Waals surface area contributed by atoms with Gasteiger partial charge in [-0.15, -0.1) is 0 Å². The van der Waals surface area contributed by atoms with Gasteiger partial charge in [0.1, 0.15) is 0 Å². The summed E-state index contributed by atoms with van der Waals surface area (Å²) >= 11 is 3.68.